The monoisotopic (exact) mass is 508 g/mol. The lowest BCUT2D eigenvalue weighted by Crippen LogP contribution is -1.85. The van der Waals surface area contributed by atoms with Crippen LogP contribution in [-0.4, -0.2) is 54.7 Å². The number of hydrogen-bond acceptors (Lipinski definition) is 6. The molecule has 0 aliphatic carbocycles. The van der Waals surface area contributed by atoms with Crippen LogP contribution in [0, 0.1) is 0 Å². The Balaban J connectivity index is -0.000000533. The van der Waals surface area contributed by atoms with Crippen LogP contribution in [-0.2, 0) is 13.4 Å². The summed E-state index contributed by atoms with van der Waals surface area (Å²) in [6.07, 6.45) is 23.2. The summed E-state index contributed by atoms with van der Waals surface area (Å²) in [6, 6.07) is 0. The van der Waals surface area contributed by atoms with E-state index in [4.69, 9.17) is 34.9 Å². The Morgan fingerprint density at radius 3 is 1.19 bits per heavy atom. The molecule has 0 spiro atoms. The summed E-state index contributed by atoms with van der Waals surface area (Å²) in [5, 5.41) is 23.9. The van der Waals surface area contributed by atoms with Crippen LogP contribution in [0.5, 0.6) is 0 Å². The Morgan fingerprint density at radius 2 is 0.906 bits per heavy atom. The zero-order valence-corrected chi connectivity index (χ0v) is 21.2. The summed E-state index contributed by atoms with van der Waals surface area (Å²) in [5.41, 5.74) is 0. The maximum absolute atomic E-state index is 9.63. The molecule has 7 N–H and O–H groups in total. The first-order chi connectivity index (χ1) is 15.0. The van der Waals surface area contributed by atoms with Gasteiger partial charge in [-0.1, -0.05) is 76.9 Å². The molecule has 0 aliphatic rings. The van der Waals surface area contributed by atoms with Crippen LogP contribution in [0.25, 0.3) is 0 Å². The maximum atomic E-state index is 9.63. The first-order valence-electron chi connectivity index (χ1n) is 11.3. The molecular weight excluding hydrogens is 462 g/mol. The molecule has 0 aromatic rings. The van der Waals surface area contributed by atoms with Gasteiger partial charge < -0.3 is 34.9 Å². The van der Waals surface area contributed by atoms with Crippen LogP contribution in [0.3, 0.4) is 0 Å². The minimum absolute atomic E-state index is 0.125. The van der Waals surface area contributed by atoms with E-state index in [1.54, 1.807) is 0 Å². The first-order valence-corrected chi connectivity index (χ1v) is 14.4. The fourth-order valence-corrected chi connectivity index (χ4v) is 3.61. The third-order valence-electron chi connectivity index (χ3n) is 3.98. The van der Waals surface area contributed by atoms with Crippen molar-refractivity contribution in [3.8, 4) is 0 Å². The standard InChI is InChI=1S/C18H36O.C2H6O2.H4O7P2/c1-2-3-4-5-6-7-8-9-10-11-12-13-14-15-16-17-18-19;3-1-2-4;1-8(2,3)7-9(4,5)6/h9-10,19H,2-8,11-18H2,1H3;3-4H,1-2H2;(H2,1,2,3)(H2,4,5,6)/b10-9-;;. The van der Waals surface area contributed by atoms with Crippen molar-refractivity contribution in [3.63, 3.8) is 0 Å². The lowest BCUT2D eigenvalue weighted by Gasteiger charge is -2.03. The van der Waals surface area contributed by atoms with Crippen molar-refractivity contribution in [1.29, 1.82) is 0 Å². The van der Waals surface area contributed by atoms with E-state index in [9.17, 15) is 9.13 Å². The molecule has 0 aromatic carbocycles. The van der Waals surface area contributed by atoms with Crippen LogP contribution < -0.4 is 0 Å². The molecule has 0 saturated carbocycles. The highest BCUT2D eigenvalue weighted by atomic mass is 31.3. The lowest BCUT2D eigenvalue weighted by molar-refractivity contribution is 0.186. The Labute approximate surface area is 193 Å². The van der Waals surface area contributed by atoms with E-state index in [1.165, 1.54) is 83.5 Å². The van der Waals surface area contributed by atoms with Crippen molar-refractivity contribution in [2.24, 2.45) is 0 Å². The van der Waals surface area contributed by atoms with Crippen LogP contribution >= 0.6 is 15.6 Å². The van der Waals surface area contributed by atoms with Gasteiger partial charge in [-0.15, -0.1) is 0 Å². The smallest absolute Gasteiger partial charge is 0.396 e. The second kappa shape index (κ2) is 27.1. The van der Waals surface area contributed by atoms with Gasteiger partial charge in [0.1, 0.15) is 0 Å². The molecule has 0 heterocycles. The van der Waals surface area contributed by atoms with Crippen molar-refractivity contribution >= 4 is 15.6 Å². The molecule has 0 radical (unpaired) electrons. The molecule has 0 saturated heterocycles. The minimum atomic E-state index is -5.05. The number of rotatable bonds is 18. The van der Waals surface area contributed by atoms with E-state index in [1.807, 2.05) is 0 Å². The predicted molar refractivity (Wildman–Crippen MR) is 126 cm³/mol. The largest absolute Gasteiger partial charge is 0.478 e. The summed E-state index contributed by atoms with van der Waals surface area (Å²) in [7, 11) is -10.1. The Morgan fingerprint density at radius 1 is 0.562 bits per heavy atom. The number of phosphoric acid groups is 2. The molecule has 10 nitrogen and oxygen atoms in total. The molecule has 0 aliphatic heterocycles. The second-order valence-corrected chi connectivity index (χ2v) is 9.79. The van der Waals surface area contributed by atoms with Crippen molar-refractivity contribution in [3.05, 3.63) is 12.2 Å². The van der Waals surface area contributed by atoms with Gasteiger partial charge in [-0.05, 0) is 32.1 Å². The summed E-state index contributed by atoms with van der Waals surface area (Å²) in [5.74, 6) is 0. The molecule has 0 amide bonds. The van der Waals surface area contributed by atoms with Crippen LogP contribution in [0.2, 0.25) is 0 Å². The zero-order chi connectivity index (χ0) is 25.1. The SMILES string of the molecule is CCCCCCCC/C=C\CCCCCCCCO.O=P(O)(O)OP(=O)(O)O.OCCO. The molecule has 0 unspecified atom stereocenters. The molecular formula is C20H46O10P2. The van der Waals surface area contributed by atoms with Gasteiger partial charge >= 0.3 is 15.6 Å². The van der Waals surface area contributed by atoms with Crippen molar-refractivity contribution in [1.82, 2.24) is 0 Å². The van der Waals surface area contributed by atoms with Crippen molar-refractivity contribution in [2.45, 2.75) is 96.8 Å². The molecule has 0 fully saturated rings. The van der Waals surface area contributed by atoms with Crippen LogP contribution in [0.4, 0.5) is 0 Å². The van der Waals surface area contributed by atoms with E-state index in [0.717, 1.165) is 6.42 Å². The molecule has 32 heavy (non-hydrogen) atoms. The quantitative estimate of drug-likeness (QED) is 0.0805. The third kappa shape index (κ3) is 47.6. The van der Waals surface area contributed by atoms with Crippen LogP contribution in [0.15, 0.2) is 12.2 Å². The van der Waals surface area contributed by atoms with Crippen molar-refractivity contribution < 1.29 is 48.3 Å². The van der Waals surface area contributed by atoms with Crippen molar-refractivity contribution in [2.75, 3.05) is 19.8 Å². The van der Waals surface area contributed by atoms with E-state index < -0.39 is 15.6 Å². The Kier molecular flexibility index (Phi) is 30.9. The predicted octanol–water partition coefficient (Wildman–Crippen LogP) is 4.18. The zero-order valence-electron chi connectivity index (χ0n) is 19.4. The van der Waals surface area contributed by atoms with E-state index in [0.29, 0.717) is 6.61 Å². The fraction of sp³-hybridized carbons (Fsp3) is 0.900. The molecule has 0 aromatic heterocycles. The second-order valence-electron chi connectivity index (χ2n) is 7.17. The van der Waals surface area contributed by atoms with E-state index in [2.05, 4.69) is 23.4 Å². The highest BCUT2D eigenvalue weighted by Gasteiger charge is 2.27. The summed E-state index contributed by atoms with van der Waals surface area (Å²) >= 11 is 0. The molecule has 196 valence electrons. The Bertz CT molecular complexity index is 455. The third-order valence-corrected chi connectivity index (χ3v) is 5.68. The van der Waals surface area contributed by atoms with Gasteiger partial charge in [-0.2, -0.15) is 4.31 Å². The van der Waals surface area contributed by atoms with Gasteiger partial charge in [0.05, 0.1) is 13.2 Å². The van der Waals surface area contributed by atoms with Crippen LogP contribution in [0.1, 0.15) is 96.8 Å². The highest BCUT2D eigenvalue weighted by molar-refractivity contribution is 7.60. The van der Waals surface area contributed by atoms with Gasteiger partial charge in [0.25, 0.3) is 0 Å². The van der Waals surface area contributed by atoms with Gasteiger partial charge in [-0.3, -0.25) is 0 Å². The van der Waals surface area contributed by atoms with Gasteiger partial charge in [0.15, 0.2) is 0 Å². The lowest BCUT2D eigenvalue weighted by atomic mass is 10.1. The average Bonchev–Trinajstić information content (AvgIpc) is 2.69. The van der Waals surface area contributed by atoms with E-state index in [-0.39, 0.29) is 13.2 Å². The van der Waals surface area contributed by atoms with E-state index >= 15 is 0 Å². The Hall–Kier alpha value is -0.120. The first kappa shape index (κ1) is 36.4. The van der Waals surface area contributed by atoms with Gasteiger partial charge in [-0.25, -0.2) is 9.13 Å². The number of aliphatic hydroxyl groups excluding tert-OH is 3. The average molecular weight is 509 g/mol. The molecule has 0 atom stereocenters. The summed E-state index contributed by atoms with van der Waals surface area (Å²) < 4.78 is 22.2. The highest BCUT2D eigenvalue weighted by Crippen LogP contribution is 2.53. The molecule has 0 rings (SSSR count). The maximum Gasteiger partial charge on any atom is 0.478 e. The summed E-state index contributed by atoms with van der Waals surface area (Å²) in [4.78, 5) is 31.0. The molecule has 0 bridgehead atoms. The van der Waals surface area contributed by atoms with Gasteiger partial charge in [0.2, 0.25) is 0 Å². The minimum Gasteiger partial charge on any atom is -0.396 e. The fourth-order valence-electron chi connectivity index (χ4n) is 2.50. The summed E-state index contributed by atoms with van der Waals surface area (Å²) in [6.45, 7) is 2.39. The number of hydrogen-bond donors (Lipinski definition) is 7. The number of allylic oxidation sites excluding steroid dienone is 2. The topological polar surface area (TPSA) is 185 Å². The van der Waals surface area contributed by atoms with Gasteiger partial charge in [0, 0.05) is 6.61 Å². The normalized spacial score (nSPS) is 11.6. The number of aliphatic hydroxyl groups is 3. The molecule has 12 heteroatoms. The number of unbranched alkanes of at least 4 members (excludes halogenated alkanes) is 12.